The van der Waals surface area contributed by atoms with Gasteiger partial charge >= 0.3 is 0 Å². The van der Waals surface area contributed by atoms with Crippen molar-refractivity contribution in [2.45, 2.75) is 18.9 Å². The number of hydrogen-bond donors (Lipinski definition) is 1. The van der Waals surface area contributed by atoms with Crippen LogP contribution in [0, 0.1) is 0 Å². The van der Waals surface area contributed by atoms with Gasteiger partial charge in [-0.05, 0) is 22.7 Å². The van der Waals surface area contributed by atoms with Crippen LogP contribution in [0.25, 0.3) is 11.3 Å². The highest BCUT2D eigenvalue weighted by molar-refractivity contribution is 7.03. The molecule has 0 saturated heterocycles. The van der Waals surface area contributed by atoms with Crippen LogP contribution in [0.3, 0.4) is 0 Å². The van der Waals surface area contributed by atoms with Crippen LogP contribution in [-0.2, 0) is 11.3 Å². The number of carbonyl (C=O) groups excluding carboxylic acids is 2. The first-order valence-corrected chi connectivity index (χ1v) is 8.82. The van der Waals surface area contributed by atoms with Crippen molar-refractivity contribution in [3.63, 3.8) is 0 Å². The number of amides is 1. The number of rotatable bonds is 4. The number of benzene rings is 2. The van der Waals surface area contributed by atoms with Gasteiger partial charge in [0.15, 0.2) is 5.78 Å². The van der Waals surface area contributed by atoms with E-state index in [9.17, 15) is 9.59 Å². The van der Waals surface area contributed by atoms with Gasteiger partial charge in [0.05, 0.1) is 5.92 Å². The molecule has 1 N–H and O–H groups in total. The van der Waals surface area contributed by atoms with Gasteiger partial charge in [-0.1, -0.05) is 53.0 Å². The highest BCUT2D eigenvalue weighted by Gasteiger charge is 2.33. The van der Waals surface area contributed by atoms with Gasteiger partial charge in [-0.15, -0.1) is 5.10 Å². The molecule has 0 spiro atoms. The Hall–Kier alpha value is -2.86. The Morgan fingerprint density at radius 3 is 2.72 bits per heavy atom. The Labute approximate surface area is 148 Å². The smallest absolute Gasteiger partial charge is 0.228 e. The number of fused-ring (bicyclic) bond motifs is 1. The molecule has 0 aliphatic heterocycles. The molecule has 3 aromatic rings. The van der Waals surface area contributed by atoms with Crippen molar-refractivity contribution in [2.75, 3.05) is 0 Å². The number of carbonyl (C=O) groups is 2. The SMILES string of the molecule is O=C1CC(C(=O)NCc2ccc(-c3csnn3)cc2)c2ccccc21. The van der Waals surface area contributed by atoms with Crippen molar-refractivity contribution in [1.29, 1.82) is 0 Å². The van der Waals surface area contributed by atoms with Gasteiger partial charge in [0.2, 0.25) is 5.91 Å². The lowest BCUT2D eigenvalue weighted by atomic mass is 10.0. The van der Waals surface area contributed by atoms with Gasteiger partial charge in [0.25, 0.3) is 0 Å². The fraction of sp³-hybridized carbons (Fsp3) is 0.158. The molecule has 1 aromatic heterocycles. The molecule has 1 atom stereocenters. The van der Waals surface area contributed by atoms with Gasteiger partial charge in [-0.25, -0.2) is 0 Å². The molecule has 1 aliphatic rings. The van der Waals surface area contributed by atoms with Crippen LogP contribution in [-0.4, -0.2) is 21.3 Å². The molecule has 1 amide bonds. The third-order valence-corrected chi connectivity index (χ3v) is 4.92. The Kier molecular flexibility index (Phi) is 4.11. The fourth-order valence-electron chi connectivity index (χ4n) is 3.09. The molecule has 4 rings (SSSR count). The fourth-order valence-corrected chi connectivity index (χ4v) is 3.56. The zero-order chi connectivity index (χ0) is 17.2. The zero-order valence-electron chi connectivity index (χ0n) is 13.3. The first-order valence-electron chi connectivity index (χ1n) is 7.98. The van der Waals surface area contributed by atoms with Crippen molar-refractivity contribution >= 4 is 23.2 Å². The normalized spacial score (nSPS) is 15.8. The second-order valence-electron chi connectivity index (χ2n) is 5.97. The van der Waals surface area contributed by atoms with Crippen LogP contribution in [0.4, 0.5) is 0 Å². The zero-order valence-corrected chi connectivity index (χ0v) is 14.1. The van der Waals surface area contributed by atoms with E-state index in [1.54, 1.807) is 6.07 Å². The number of hydrogen-bond acceptors (Lipinski definition) is 5. The minimum atomic E-state index is -0.385. The van der Waals surface area contributed by atoms with E-state index >= 15 is 0 Å². The highest BCUT2D eigenvalue weighted by atomic mass is 32.1. The van der Waals surface area contributed by atoms with Crippen LogP contribution < -0.4 is 5.32 Å². The van der Waals surface area contributed by atoms with Gasteiger partial charge in [0, 0.05) is 29.5 Å². The quantitative estimate of drug-likeness (QED) is 0.785. The molecule has 0 saturated carbocycles. The number of nitrogens with one attached hydrogen (secondary N) is 1. The predicted molar refractivity (Wildman–Crippen MR) is 95.3 cm³/mol. The lowest BCUT2D eigenvalue weighted by Gasteiger charge is -2.12. The maximum Gasteiger partial charge on any atom is 0.228 e. The summed E-state index contributed by atoms with van der Waals surface area (Å²) in [4.78, 5) is 24.5. The van der Waals surface area contributed by atoms with Crippen molar-refractivity contribution in [3.05, 3.63) is 70.6 Å². The van der Waals surface area contributed by atoms with E-state index in [-0.39, 0.29) is 24.0 Å². The molecule has 1 heterocycles. The Balaban J connectivity index is 1.42. The Morgan fingerprint density at radius 2 is 1.96 bits per heavy atom. The summed E-state index contributed by atoms with van der Waals surface area (Å²) in [5.74, 6) is -0.452. The topological polar surface area (TPSA) is 72.0 Å². The third-order valence-electron chi connectivity index (χ3n) is 4.42. The molecule has 0 radical (unpaired) electrons. The van der Waals surface area contributed by atoms with E-state index in [4.69, 9.17) is 0 Å². The van der Waals surface area contributed by atoms with Crippen LogP contribution in [0.2, 0.25) is 0 Å². The maximum atomic E-state index is 12.5. The second-order valence-corrected chi connectivity index (χ2v) is 6.58. The third kappa shape index (κ3) is 3.08. The van der Waals surface area contributed by atoms with E-state index in [1.165, 1.54) is 11.5 Å². The number of ketones is 1. The largest absolute Gasteiger partial charge is 0.351 e. The summed E-state index contributed by atoms with van der Waals surface area (Å²) in [5, 5.41) is 8.87. The highest BCUT2D eigenvalue weighted by Crippen LogP contribution is 2.32. The van der Waals surface area contributed by atoms with Crippen LogP contribution in [0.5, 0.6) is 0 Å². The number of Topliss-reactive ketones (excluding diaryl/α,β-unsaturated/α-hetero) is 1. The number of aromatic nitrogens is 2. The van der Waals surface area contributed by atoms with Crippen molar-refractivity contribution < 1.29 is 9.59 Å². The molecule has 1 aliphatic carbocycles. The predicted octanol–water partition coefficient (Wildman–Crippen LogP) is 3.19. The molecule has 2 aromatic carbocycles. The van der Waals surface area contributed by atoms with Crippen LogP contribution >= 0.6 is 11.5 Å². The summed E-state index contributed by atoms with van der Waals surface area (Å²) in [6.07, 6.45) is 0.251. The van der Waals surface area contributed by atoms with Gasteiger partial charge in [-0.3, -0.25) is 9.59 Å². The Morgan fingerprint density at radius 1 is 1.16 bits per heavy atom. The minimum Gasteiger partial charge on any atom is -0.351 e. The molecule has 124 valence electrons. The molecular weight excluding hydrogens is 334 g/mol. The van der Waals surface area contributed by atoms with Crippen molar-refractivity contribution in [3.8, 4) is 11.3 Å². The van der Waals surface area contributed by atoms with Crippen molar-refractivity contribution in [2.24, 2.45) is 0 Å². The van der Waals surface area contributed by atoms with Crippen LogP contribution in [0.1, 0.15) is 33.8 Å². The summed E-state index contributed by atoms with van der Waals surface area (Å²) in [5.41, 5.74) is 4.35. The first kappa shape index (κ1) is 15.7. The van der Waals surface area contributed by atoms with E-state index in [2.05, 4.69) is 14.9 Å². The van der Waals surface area contributed by atoms with E-state index < -0.39 is 0 Å². The standard InChI is InChI=1S/C19H15N3O2S/c23-18-9-16(14-3-1-2-4-15(14)18)19(24)20-10-12-5-7-13(8-6-12)17-11-25-22-21-17/h1-8,11,16H,9-10H2,(H,20,24). The summed E-state index contributed by atoms with van der Waals surface area (Å²) in [6, 6.07) is 15.2. The van der Waals surface area contributed by atoms with Crippen molar-refractivity contribution in [1.82, 2.24) is 14.9 Å². The summed E-state index contributed by atoms with van der Waals surface area (Å²) in [6.45, 7) is 0.432. The summed E-state index contributed by atoms with van der Waals surface area (Å²) >= 11 is 1.32. The number of nitrogens with zero attached hydrogens (tertiary/aromatic N) is 2. The minimum absolute atomic E-state index is 0.0389. The summed E-state index contributed by atoms with van der Waals surface area (Å²) in [7, 11) is 0. The first-order chi connectivity index (χ1) is 12.2. The van der Waals surface area contributed by atoms with Gasteiger partial charge in [0.1, 0.15) is 5.69 Å². The van der Waals surface area contributed by atoms with Gasteiger partial charge < -0.3 is 5.32 Å². The molecule has 0 bridgehead atoms. The average Bonchev–Trinajstić information content (AvgIpc) is 3.29. The molecular formula is C19H15N3O2S. The Bertz CT molecular complexity index is 920. The average molecular weight is 349 g/mol. The summed E-state index contributed by atoms with van der Waals surface area (Å²) < 4.78 is 3.86. The molecule has 0 fully saturated rings. The van der Waals surface area contributed by atoms with Crippen LogP contribution in [0.15, 0.2) is 53.9 Å². The van der Waals surface area contributed by atoms with Gasteiger partial charge in [-0.2, -0.15) is 0 Å². The molecule has 1 unspecified atom stereocenters. The maximum absolute atomic E-state index is 12.5. The molecule has 5 nitrogen and oxygen atoms in total. The van der Waals surface area contributed by atoms with E-state index in [0.717, 1.165) is 22.4 Å². The lowest BCUT2D eigenvalue weighted by Crippen LogP contribution is -2.28. The van der Waals surface area contributed by atoms with E-state index in [0.29, 0.717) is 12.1 Å². The molecule has 6 heteroatoms. The monoisotopic (exact) mass is 349 g/mol. The molecule has 25 heavy (non-hydrogen) atoms. The lowest BCUT2D eigenvalue weighted by molar-refractivity contribution is -0.122. The second kappa shape index (κ2) is 6.57. The van der Waals surface area contributed by atoms with E-state index in [1.807, 2.05) is 47.8 Å².